The maximum Gasteiger partial charge on any atom is 0.490 e. The van der Waals surface area contributed by atoms with Crippen LogP contribution in [0.15, 0.2) is 184 Å². The average Bonchev–Trinajstić information content (AvgIpc) is 1.81. The van der Waals surface area contributed by atoms with E-state index in [0.717, 1.165) is 61.0 Å². The van der Waals surface area contributed by atoms with Crippen LogP contribution in [0.4, 0.5) is 18.0 Å². The molecule has 46 nitrogen and oxygen atoms in total. The lowest BCUT2D eigenvalue weighted by Crippen LogP contribution is -2.36. The molecule has 7 N–H and O–H groups in total. The minimum Gasteiger partial charge on any atom is -0.475 e. The number of H-pyrrole nitrogens is 1. The number of nitrogens with one attached hydrogen (secondary N) is 6. The number of nitrogens with zero attached hydrogens (tertiary/aromatic N) is 28. The fraction of sp³-hybridized carbons (Fsp3) is 0.297. The van der Waals surface area contributed by atoms with E-state index in [1.807, 2.05) is 45.0 Å². The number of benzene rings is 6. The number of nitriles is 8. The number of carbonyl (C=O) groups is 8. The number of hydrogen-bond donors (Lipinski definition) is 7. The van der Waals surface area contributed by atoms with E-state index in [9.17, 15) is 46.7 Å². The van der Waals surface area contributed by atoms with Crippen molar-refractivity contribution in [2.45, 2.75) is 58.2 Å². The standard InChI is InChI=1S/C20H24N6O3.2C16H15N7O.C15H16N6O.C11H8N4O2.C7H4IN.C4H5N3O2.C2HF3O2/c1-20(2,3)29-19(28)25-8-7-15(12-25)11-22-18(27)17-23-13-26(24-17)16-6-4-5-14(9-16)10-21;2*17-7-12-2-1-3-14(6-12)23-11-20-15(21-23)16(24)19-8-13-4-5-22(9-13)10-18;16-7-11-2-1-3-13(6-11)21-10-19-14(20-21)15(22)18-9-12-4-5-17-8-12;1-17-11(16)10-13-7-15(14-10)9-4-2-3-8(5-9)6-12;8-7-3-1-2-6(4-7)5-9;1-9-4(8)3-5-2-6-7-3;3-2(4,5)1(6)7/h4-6,9,13,15H,7-8,11-12H2,1-3H3,(H,22,27);2*1-3,6,11,13H,4-5,8-9H2,(H,19,24);1-3,6,10,12,17H,4-5,8-9H2,(H,18,22);2-5,7H,1H3;1-4H;2H,1H3,(H,5,6,7);(H,6,7)/t15-;2*13-;12-;;;;/m1110..../s1. The molecule has 16 rings (SSSR count). The molecule has 5 amide bonds. The van der Waals surface area contributed by atoms with E-state index in [-0.39, 0.29) is 82.4 Å². The van der Waals surface area contributed by atoms with Crippen LogP contribution >= 0.6 is 22.6 Å². The first-order valence-corrected chi connectivity index (χ1v) is 43.5. The molecule has 4 atom stereocenters. The smallest absolute Gasteiger partial charge is 0.475 e. The van der Waals surface area contributed by atoms with Crippen molar-refractivity contribution in [3.63, 3.8) is 0 Å². The number of carboxylic acid groups (broad SMARTS) is 1. The molecule has 722 valence electrons. The van der Waals surface area contributed by atoms with Crippen LogP contribution in [0.2, 0.25) is 0 Å². The molecule has 141 heavy (non-hydrogen) atoms. The van der Waals surface area contributed by atoms with Gasteiger partial charge in [-0.1, -0.05) is 36.4 Å². The molecular formula is C91H88F3IN34O12. The third-order valence-electron chi connectivity index (χ3n) is 20.0. The number of ether oxygens (including phenoxy) is 3. The van der Waals surface area contributed by atoms with Crippen LogP contribution in [0.3, 0.4) is 0 Å². The van der Waals surface area contributed by atoms with Gasteiger partial charge in [0.15, 0.2) is 12.4 Å². The molecule has 0 spiro atoms. The minimum absolute atomic E-state index is 0.0186. The second kappa shape index (κ2) is 53.1. The van der Waals surface area contributed by atoms with E-state index in [1.165, 1.54) is 75.6 Å². The first kappa shape index (κ1) is 106. The number of alkyl halides is 3. The van der Waals surface area contributed by atoms with Gasteiger partial charge in [-0.15, -0.1) is 25.5 Å². The van der Waals surface area contributed by atoms with Crippen molar-refractivity contribution in [1.82, 2.24) is 130 Å². The zero-order chi connectivity index (χ0) is 102. The number of methoxy groups -OCH3 is 2. The monoisotopic (exact) mass is 2030 g/mol. The first-order valence-electron chi connectivity index (χ1n) is 42.5. The highest BCUT2D eigenvalue weighted by molar-refractivity contribution is 14.1. The molecule has 0 unspecified atom stereocenters. The van der Waals surface area contributed by atoms with Gasteiger partial charge in [-0.25, -0.2) is 72.5 Å². The zero-order valence-electron chi connectivity index (χ0n) is 75.9. The van der Waals surface area contributed by atoms with Gasteiger partial charge in [0, 0.05) is 69.0 Å². The number of likely N-dealkylation sites (tertiary alicyclic amines) is 3. The number of aromatic nitrogens is 18. The normalized spacial score (nSPS) is 14.5. The van der Waals surface area contributed by atoms with Crippen LogP contribution in [-0.4, -0.2) is 261 Å². The molecule has 0 saturated carbocycles. The molecule has 6 aromatic heterocycles. The number of amides is 5. The van der Waals surface area contributed by atoms with Gasteiger partial charge in [0.05, 0.1) is 112 Å². The van der Waals surface area contributed by atoms with E-state index >= 15 is 0 Å². The molecule has 10 heterocycles. The van der Waals surface area contributed by atoms with Crippen LogP contribution in [0.5, 0.6) is 0 Å². The summed E-state index contributed by atoms with van der Waals surface area (Å²) in [7, 11) is 2.55. The fourth-order valence-corrected chi connectivity index (χ4v) is 13.5. The van der Waals surface area contributed by atoms with Crippen molar-refractivity contribution in [3.05, 3.63) is 255 Å². The minimum atomic E-state index is -5.08. The first-order chi connectivity index (χ1) is 67.7. The second-order valence-corrected chi connectivity index (χ2v) is 32.5. The summed E-state index contributed by atoms with van der Waals surface area (Å²) < 4.78 is 54.3. The highest BCUT2D eigenvalue weighted by Gasteiger charge is 2.38. The number of rotatable bonds is 19. The molecular weight excluding hydrogens is 1950 g/mol. The maximum atomic E-state index is 12.4. The van der Waals surface area contributed by atoms with Crippen molar-refractivity contribution in [1.29, 1.82) is 42.1 Å². The number of esters is 2. The van der Waals surface area contributed by atoms with E-state index in [2.05, 4.69) is 167 Å². The number of aromatic amines is 1. The summed E-state index contributed by atoms with van der Waals surface area (Å²) in [6.45, 7) is 13.4. The second-order valence-electron chi connectivity index (χ2n) is 31.3. The summed E-state index contributed by atoms with van der Waals surface area (Å²) in [6, 6.07) is 54.3. The zero-order valence-corrected chi connectivity index (χ0v) is 78.1. The molecule has 0 aliphatic carbocycles. The molecule has 4 aliphatic heterocycles. The SMILES string of the molecule is CC(C)(C)OC(=O)N1CC[C@H](CNC(=O)c2ncn(-c3cccc(C#N)c3)n2)C1.COC(=O)c1ncn(-c2cccc(C#N)c2)n1.COC(=O)c1ncn[nH]1.N#Cc1cccc(-n2cnc(C(=O)NC[C@H]3CCN(C#N)C3)n2)c1.N#Cc1cccc(-n2cnc(C(=O)NC[C@H]3CCN(C#N)C3)n2)c1.N#Cc1cccc(-n2cnc(C(=O)NC[C@H]3CCNC3)n2)c1.N#Cc1cccc(I)c1.O=C(O)C(F)(F)F. The van der Waals surface area contributed by atoms with Crippen LogP contribution < -0.4 is 26.6 Å². The van der Waals surface area contributed by atoms with Gasteiger partial charge in [0.25, 0.3) is 29.5 Å². The lowest BCUT2D eigenvalue weighted by molar-refractivity contribution is -0.192. The third kappa shape index (κ3) is 33.9. The van der Waals surface area contributed by atoms with Crippen LogP contribution in [-0.2, 0) is 19.0 Å². The molecule has 4 aliphatic rings. The number of aliphatic carboxylic acids is 1. The Kier molecular flexibility index (Phi) is 40.1. The molecule has 0 bridgehead atoms. The van der Waals surface area contributed by atoms with Gasteiger partial charge >= 0.3 is 30.2 Å². The topological polar surface area (TPSA) is 640 Å². The van der Waals surface area contributed by atoms with Crippen LogP contribution in [0.1, 0.15) is 144 Å². The van der Waals surface area contributed by atoms with Crippen molar-refractivity contribution in [2.24, 2.45) is 23.7 Å². The van der Waals surface area contributed by atoms with E-state index in [1.54, 1.807) is 142 Å². The quantitative estimate of drug-likeness (QED) is 0.0181. The number of hydrogen-bond acceptors (Lipinski definition) is 34. The fourth-order valence-electron chi connectivity index (χ4n) is 12.9. The lowest BCUT2D eigenvalue weighted by atomic mass is 10.1. The van der Waals surface area contributed by atoms with Crippen molar-refractivity contribution >= 4 is 70.2 Å². The molecule has 4 saturated heterocycles. The predicted molar refractivity (Wildman–Crippen MR) is 494 cm³/mol. The summed E-state index contributed by atoms with van der Waals surface area (Å²) in [5.41, 5.74) is 6.11. The Bertz CT molecular complexity index is 6550. The molecule has 0 radical (unpaired) electrons. The van der Waals surface area contributed by atoms with Gasteiger partial charge in [0.2, 0.25) is 29.1 Å². The van der Waals surface area contributed by atoms with Gasteiger partial charge in [0.1, 0.15) is 43.6 Å². The third-order valence-corrected chi connectivity index (χ3v) is 20.7. The number of halogens is 4. The largest absolute Gasteiger partial charge is 0.490 e. The summed E-state index contributed by atoms with van der Waals surface area (Å²) in [5.74, 6) is -3.61. The Labute approximate surface area is 816 Å². The summed E-state index contributed by atoms with van der Waals surface area (Å²) >= 11 is 2.18. The number of carbonyl (C=O) groups excluding carboxylic acids is 7. The Morgan fingerprint density at radius 1 is 0.440 bits per heavy atom. The van der Waals surface area contributed by atoms with Gasteiger partial charge < -0.3 is 60.6 Å². The highest BCUT2D eigenvalue weighted by Crippen LogP contribution is 2.23. The molecule has 4 fully saturated rings. The van der Waals surface area contributed by atoms with E-state index in [0.29, 0.717) is 115 Å². The maximum absolute atomic E-state index is 12.4. The molecule has 12 aromatic rings. The van der Waals surface area contributed by atoms with Crippen molar-refractivity contribution in [3.8, 4) is 77.2 Å². The van der Waals surface area contributed by atoms with Crippen molar-refractivity contribution in [2.75, 3.05) is 92.8 Å². The molecule has 6 aromatic carbocycles. The van der Waals surface area contributed by atoms with Gasteiger partial charge in [-0.2, -0.15) is 60.4 Å². The van der Waals surface area contributed by atoms with Gasteiger partial charge in [-0.05, 0) is 215 Å². The molecule has 50 heteroatoms. The van der Waals surface area contributed by atoms with E-state index < -0.39 is 29.7 Å². The van der Waals surface area contributed by atoms with Crippen LogP contribution in [0, 0.1) is 118 Å². The Balaban J connectivity index is 0.000000186. The van der Waals surface area contributed by atoms with E-state index in [4.69, 9.17) is 56.7 Å². The Hall–Kier alpha value is -18.3. The predicted octanol–water partition coefficient (Wildman–Crippen LogP) is 7.26. The Morgan fingerprint density at radius 2 is 0.759 bits per heavy atom. The number of carboxylic acids is 1. The van der Waals surface area contributed by atoms with Crippen LogP contribution in [0.25, 0.3) is 28.4 Å². The average molecular weight is 2030 g/mol. The van der Waals surface area contributed by atoms with Gasteiger partial charge in [-0.3, -0.25) is 24.3 Å². The summed E-state index contributed by atoms with van der Waals surface area (Å²) in [4.78, 5) is 120. The highest BCUT2D eigenvalue weighted by atomic mass is 127. The lowest BCUT2D eigenvalue weighted by Gasteiger charge is -2.24. The summed E-state index contributed by atoms with van der Waals surface area (Å²) in [5, 5.41) is 119. The summed E-state index contributed by atoms with van der Waals surface area (Å²) in [6.07, 6.45) is 10.9. The van der Waals surface area contributed by atoms with Crippen molar-refractivity contribution < 1.29 is 70.8 Å². The Morgan fingerprint density at radius 3 is 1.04 bits per heavy atom.